The minimum absolute atomic E-state index is 0.0661. The van der Waals surface area contributed by atoms with Crippen LogP contribution in [0.2, 0.25) is 0 Å². The molecule has 0 saturated carbocycles. The predicted molar refractivity (Wildman–Crippen MR) is 111 cm³/mol. The number of carbonyl (C=O) groups excluding carboxylic acids is 1. The van der Waals surface area contributed by atoms with E-state index in [1.54, 1.807) is 4.90 Å². The van der Waals surface area contributed by atoms with E-state index in [4.69, 9.17) is 0 Å². The second kappa shape index (κ2) is 6.50. The molecular weight excluding hydrogens is 348 g/mol. The molecule has 5 rings (SSSR count). The number of aromatic amines is 1. The predicted octanol–water partition coefficient (Wildman–Crippen LogP) is 4.28. The van der Waals surface area contributed by atoms with Crippen molar-refractivity contribution >= 4 is 22.5 Å². The second-order valence-corrected chi connectivity index (χ2v) is 7.04. The van der Waals surface area contributed by atoms with Crippen LogP contribution < -0.4 is 10.5 Å². The fourth-order valence-corrected chi connectivity index (χ4v) is 3.92. The highest BCUT2D eigenvalue weighted by Crippen LogP contribution is 2.38. The largest absolute Gasteiger partial charge is 0.322 e. The van der Waals surface area contributed by atoms with Crippen LogP contribution >= 0.6 is 0 Å². The smallest absolute Gasteiger partial charge is 0.252 e. The number of rotatable bonds is 2. The van der Waals surface area contributed by atoms with E-state index >= 15 is 0 Å². The lowest BCUT2D eigenvalue weighted by molar-refractivity contribution is -0.118. The lowest BCUT2D eigenvalue weighted by atomic mass is 9.93. The number of nitrogens with one attached hydrogen (secondary N) is 1. The Kier molecular flexibility index (Phi) is 3.83. The highest BCUT2D eigenvalue weighted by atomic mass is 16.2. The van der Waals surface area contributed by atoms with Gasteiger partial charge >= 0.3 is 0 Å². The Morgan fingerprint density at radius 1 is 0.893 bits per heavy atom. The fourth-order valence-electron chi connectivity index (χ4n) is 3.92. The van der Waals surface area contributed by atoms with Crippen LogP contribution in [0.5, 0.6) is 0 Å². The van der Waals surface area contributed by atoms with Gasteiger partial charge in [-0.2, -0.15) is 0 Å². The number of H-pyrrole nitrogens is 1. The maximum Gasteiger partial charge on any atom is 0.252 e. The number of pyridine rings is 1. The quantitative estimate of drug-likeness (QED) is 0.576. The van der Waals surface area contributed by atoms with Gasteiger partial charge in [-0.15, -0.1) is 0 Å². The molecule has 0 saturated heterocycles. The van der Waals surface area contributed by atoms with Gasteiger partial charge in [-0.25, -0.2) is 0 Å². The van der Waals surface area contributed by atoms with E-state index in [0.29, 0.717) is 12.1 Å². The molecule has 0 aliphatic carbocycles. The Balaban J connectivity index is 1.53. The fraction of sp³-hybridized carbons (Fsp3) is 0.0833. The third-order valence-electron chi connectivity index (χ3n) is 5.30. The molecule has 1 amide bonds. The maximum absolute atomic E-state index is 13.2. The molecule has 0 bridgehead atoms. The third-order valence-corrected chi connectivity index (χ3v) is 5.30. The number of hydrogen-bond donors (Lipinski definition) is 1. The van der Waals surface area contributed by atoms with Gasteiger partial charge in [-0.1, -0.05) is 60.7 Å². The van der Waals surface area contributed by atoms with Gasteiger partial charge in [0.1, 0.15) is 0 Å². The molecule has 2 heterocycles. The van der Waals surface area contributed by atoms with E-state index in [9.17, 15) is 9.59 Å². The average Bonchev–Trinajstić information content (AvgIpc) is 2.73. The first-order valence-corrected chi connectivity index (χ1v) is 9.29. The molecule has 1 N–H and O–H groups in total. The monoisotopic (exact) mass is 366 g/mol. The molecule has 1 aromatic heterocycles. The Labute approximate surface area is 162 Å². The number of anilines is 1. The summed E-state index contributed by atoms with van der Waals surface area (Å²) in [5.74, 6) is -0.0808. The Morgan fingerprint density at radius 3 is 2.50 bits per heavy atom. The molecule has 28 heavy (non-hydrogen) atoms. The summed E-state index contributed by atoms with van der Waals surface area (Å²) in [6, 6.07) is 25.5. The molecule has 4 aromatic rings. The van der Waals surface area contributed by atoms with Crippen LogP contribution in [0.3, 0.4) is 0 Å². The first-order chi connectivity index (χ1) is 13.7. The Bertz CT molecular complexity index is 1270. The highest BCUT2D eigenvalue weighted by Gasteiger charge is 2.26. The number of amides is 1. The number of carbonyl (C=O) groups is 1. The minimum Gasteiger partial charge on any atom is -0.322 e. The van der Waals surface area contributed by atoms with Crippen molar-refractivity contribution in [1.82, 2.24) is 4.98 Å². The van der Waals surface area contributed by atoms with E-state index in [0.717, 1.165) is 33.3 Å². The second-order valence-electron chi connectivity index (χ2n) is 7.04. The molecule has 0 unspecified atom stereocenters. The summed E-state index contributed by atoms with van der Waals surface area (Å²) in [6.45, 7) is 0.511. The van der Waals surface area contributed by atoms with Crippen LogP contribution in [0.1, 0.15) is 11.1 Å². The zero-order valence-electron chi connectivity index (χ0n) is 15.2. The van der Waals surface area contributed by atoms with Gasteiger partial charge in [0.25, 0.3) is 5.56 Å². The summed E-state index contributed by atoms with van der Waals surface area (Å²) in [7, 11) is 0. The van der Waals surface area contributed by atoms with Crippen molar-refractivity contribution in [2.45, 2.75) is 13.0 Å². The van der Waals surface area contributed by atoms with Crippen molar-refractivity contribution in [1.29, 1.82) is 0 Å². The third kappa shape index (κ3) is 2.70. The van der Waals surface area contributed by atoms with E-state index in [2.05, 4.69) is 11.1 Å². The van der Waals surface area contributed by atoms with Gasteiger partial charge in [0.2, 0.25) is 5.91 Å². The van der Waals surface area contributed by atoms with Crippen LogP contribution in [-0.4, -0.2) is 10.9 Å². The molecule has 4 nitrogen and oxygen atoms in total. The molecule has 0 radical (unpaired) electrons. The van der Waals surface area contributed by atoms with Crippen LogP contribution in [0.25, 0.3) is 22.0 Å². The molecule has 1 aliphatic rings. The summed E-state index contributed by atoms with van der Waals surface area (Å²) < 4.78 is 0. The summed E-state index contributed by atoms with van der Waals surface area (Å²) in [6.07, 6.45) is 0.0661. The maximum atomic E-state index is 13.2. The van der Waals surface area contributed by atoms with E-state index in [1.807, 2.05) is 72.8 Å². The van der Waals surface area contributed by atoms with Gasteiger partial charge in [0, 0.05) is 16.6 Å². The molecule has 3 aromatic carbocycles. The normalized spacial score (nSPS) is 12.5. The van der Waals surface area contributed by atoms with Crippen molar-refractivity contribution in [2.24, 2.45) is 0 Å². The van der Waals surface area contributed by atoms with Crippen LogP contribution in [0.15, 0.2) is 83.7 Å². The lowest BCUT2D eigenvalue weighted by Crippen LogP contribution is -2.35. The van der Waals surface area contributed by atoms with Gasteiger partial charge in [0.05, 0.1) is 18.7 Å². The Morgan fingerprint density at radius 2 is 1.61 bits per heavy atom. The first-order valence-electron chi connectivity index (χ1n) is 9.29. The van der Waals surface area contributed by atoms with E-state index in [1.165, 1.54) is 0 Å². The topological polar surface area (TPSA) is 53.2 Å². The summed E-state index contributed by atoms with van der Waals surface area (Å²) in [5, 5.41) is 0.925. The summed E-state index contributed by atoms with van der Waals surface area (Å²) in [5.41, 5.74) is 5.26. The zero-order valence-corrected chi connectivity index (χ0v) is 15.2. The molecular formula is C24H18N2O2. The van der Waals surface area contributed by atoms with Crippen LogP contribution in [0, 0.1) is 0 Å². The Hall–Kier alpha value is -3.66. The van der Waals surface area contributed by atoms with Gasteiger partial charge < -0.3 is 9.88 Å². The minimum atomic E-state index is -0.210. The molecule has 1 aliphatic heterocycles. The summed E-state index contributed by atoms with van der Waals surface area (Å²) >= 11 is 0. The molecule has 136 valence electrons. The number of nitrogens with zero attached hydrogens (tertiary/aromatic N) is 1. The molecule has 0 spiro atoms. The summed E-state index contributed by atoms with van der Waals surface area (Å²) in [4.78, 5) is 30.3. The van der Waals surface area contributed by atoms with E-state index < -0.39 is 0 Å². The first kappa shape index (κ1) is 16.5. The number of hydrogen-bond acceptors (Lipinski definition) is 2. The van der Waals surface area contributed by atoms with Gasteiger partial charge in [0.15, 0.2) is 0 Å². The highest BCUT2D eigenvalue weighted by molar-refractivity contribution is 6.01. The van der Waals surface area contributed by atoms with Crippen molar-refractivity contribution in [3.05, 3.63) is 100 Å². The standard InChI is InChI=1S/C24H18N2O2/c27-23(14-18-13-16-7-2-5-11-21(16)25-24(18)28)26-15-17-8-1-3-9-19(17)20-10-4-6-12-22(20)26/h1-13H,14-15H2,(H,25,28). The van der Waals surface area contributed by atoms with Crippen molar-refractivity contribution in [3.8, 4) is 11.1 Å². The van der Waals surface area contributed by atoms with Crippen molar-refractivity contribution < 1.29 is 4.79 Å². The zero-order chi connectivity index (χ0) is 19.1. The van der Waals surface area contributed by atoms with Crippen LogP contribution in [0.4, 0.5) is 5.69 Å². The van der Waals surface area contributed by atoms with Crippen molar-refractivity contribution in [2.75, 3.05) is 4.90 Å². The van der Waals surface area contributed by atoms with Crippen molar-refractivity contribution in [3.63, 3.8) is 0 Å². The average molecular weight is 366 g/mol. The molecule has 0 atom stereocenters. The number of fused-ring (bicyclic) bond motifs is 4. The SMILES string of the molecule is O=C(Cc1cc2ccccc2[nH]c1=O)N1Cc2ccccc2-c2ccccc21. The van der Waals surface area contributed by atoms with Gasteiger partial charge in [-0.05, 0) is 34.7 Å². The lowest BCUT2D eigenvalue weighted by Gasteiger charge is -2.31. The molecule has 0 fully saturated rings. The molecule has 4 heteroatoms. The number of aromatic nitrogens is 1. The number of para-hydroxylation sites is 2. The van der Waals surface area contributed by atoms with Gasteiger partial charge in [-0.3, -0.25) is 9.59 Å². The van der Waals surface area contributed by atoms with Crippen LogP contribution in [-0.2, 0) is 17.8 Å². The number of benzene rings is 3. The van der Waals surface area contributed by atoms with E-state index in [-0.39, 0.29) is 17.9 Å².